The van der Waals surface area contributed by atoms with E-state index in [9.17, 15) is 0 Å². The third-order valence-electron chi connectivity index (χ3n) is 10.3. The predicted octanol–water partition coefficient (Wildman–Crippen LogP) is 16.6. The van der Waals surface area contributed by atoms with E-state index in [4.69, 9.17) is 4.74 Å². The monoisotopic (exact) mass is 635 g/mol. The summed E-state index contributed by atoms with van der Waals surface area (Å²) in [5, 5.41) is 0. The molecule has 0 aliphatic rings. The van der Waals surface area contributed by atoms with Crippen LogP contribution >= 0.6 is 0 Å². The molecule has 0 aromatic heterocycles. The lowest BCUT2D eigenvalue weighted by molar-refractivity contribution is 0.125. The summed E-state index contributed by atoms with van der Waals surface area (Å²) in [6.07, 6.45) is 58.0. The van der Waals surface area contributed by atoms with Crippen LogP contribution in [0.3, 0.4) is 0 Å². The Morgan fingerprint density at radius 2 is 0.311 bits per heavy atom. The van der Waals surface area contributed by atoms with Crippen molar-refractivity contribution in [1.82, 2.24) is 0 Å². The molecule has 0 aromatic rings. The molecular weight excluding hydrogens is 544 g/mol. The minimum Gasteiger partial charge on any atom is -0.381 e. The third-order valence-corrected chi connectivity index (χ3v) is 10.3. The van der Waals surface area contributed by atoms with Gasteiger partial charge in [0.05, 0.1) is 0 Å². The van der Waals surface area contributed by atoms with Crippen LogP contribution in [0, 0.1) is 0 Å². The Bertz CT molecular complexity index is 432. The fourth-order valence-corrected chi connectivity index (χ4v) is 7.02. The summed E-state index contributed by atoms with van der Waals surface area (Å²) in [5.74, 6) is 0. The zero-order valence-corrected chi connectivity index (χ0v) is 32.1. The molecule has 0 saturated heterocycles. The van der Waals surface area contributed by atoms with Gasteiger partial charge in [0, 0.05) is 13.2 Å². The minimum atomic E-state index is 0.998. The van der Waals surface area contributed by atoms with Gasteiger partial charge in [-0.1, -0.05) is 258 Å². The van der Waals surface area contributed by atoms with E-state index in [1.165, 1.54) is 257 Å². The summed E-state index contributed by atoms with van der Waals surface area (Å²) in [6.45, 7) is 6.61. The molecule has 0 rings (SSSR count). The predicted molar refractivity (Wildman–Crippen MR) is 207 cm³/mol. The largest absolute Gasteiger partial charge is 0.381 e. The summed E-state index contributed by atoms with van der Waals surface area (Å²) < 4.78 is 5.91. The van der Waals surface area contributed by atoms with E-state index in [-0.39, 0.29) is 0 Å². The van der Waals surface area contributed by atoms with Gasteiger partial charge in [-0.2, -0.15) is 0 Å². The van der Waals surface area contributed by atoms with E-state index >= 15 is 0 Å². The highest BCUT2D eigenvalue weighted by Gasteiger charge is 1.98. The van der Waals surface area contributed by atoms with Gasteiger partial charge in [0.1, 0.15) is 0 Å². The van der Waals surface area contributed by atoms with E-state index in [1.807, 2.05) is 0 Å². The fourth-order valence-electron chi connectivity index (χ4n) is 7.02. The molecule has 0 atom stereocenters. The van der Waals surface area contributed by atoms with Crippen LogP contribution in [-0.2, 0) is 4.74 Å². The van der Waals surface area contributed by atoms with E-state index in [0.29, 0.717) is 0 Å². The standard InChI is InChI=1S/C44H90O/c1-3-5-7-9-11-13-15-17-19-21-23-25-27-29-31-33-35-37-39-41-43-45-44-42-40-38-36-34-32-30-28-26-24-22-20-18-16-14-12-10-8-6-4-2/h3-44H2,1-2H3. The second-order valence-corrected chi connectivity index (χ2v) is 15.0. The molecule has 0 aliphatic heterocycles. The molecule has 0 N–H and O–H groups in total. The van der Waals surface area contributed by atoms with Gasteiger partial charge in [-0.25, -0.2) is 0 Å². The number of hydrogen-bond acceptors (Lipinski definition) is 1. The zero-order chi connectivity index (χ0) is 32.4. The van der Waals surface area contributed by atoms with E-state index in [0.717, 1.165) is 13.2 Å². The second-order valence-electron chi connectivity index (χ2n) is 15.0. The normalized spacial score (nSPS) is 11.6. The quantitative estimate of drug-likeness (QED) is 0.0607. The second kappa shape index (κ2) is 44.0. The highest BCUT2D eigenvalue weighted by molar-refractivity contribution is 4.53. The van der Waals surface area contributed by atoms with Gasteiger partial charge in [0.15, 0.2) is 0 Å². The van der Waals surface area contributed by atoms with Crippen LogP contribution in [-0.4, -0.2) is 13.2 Å². The third kappa shape index (κ3) is 44.0. The Hall–Kier alpha value is -0.0400. The first-order valence-corrected chi connectivity index (χ1v) is 22.0. The van der Waals surface area contributed by atoms with Crippen molar-refractivity contribution in [3.8, 4) is 0 Å². The maximum absolute atomic E-state index is 5.91. The molecule has 0 amide bonds. The van der Waals surface area contributed by atoms with Crippen molar-refractivity contribution in [1.29, 1.82) is 0 Å². The van der Waals surface area contributed by atoms with Gasteiger partial charge < -0.3 is 4.74 Å². The number of rotatable bonds is 42. The number of hydrogen-bond donors (Lipinski definition) is 0. The van der Waals surface area contributed by atoms with Gasteiger partial charge in [0.2, 0.25) is 0 Å². The highest BCUT2D eigenvalue weighted by atomic mass is 16.5. The van der Waals surface area contributed by atoms with E-state index < -0.39 is 0 Å². The maximum Gasteiger partial charge on any atom is 0.0466 e. The van der Waals surface area contributed by atoms with Gasteiger partial charge in [-0.05, 0) is 12.8 Å². The van der Waals surface area contributed by atoms with E-state index in [2.05, 4.69) is 13.8 Å². The lowest BCUT2D eigenvalue weighted by Gasteiger charge is -2.06. The topological polar surface area (TPSA) is 9.23 Å². The molecule has 45 heavy (non-hydrogen) atoms. The highest BCUT2D eigenvalue weighted by Crippen LogP contribution is 2.16. The molecule has 0 spiro atoms. The molecule has 0 fully saturated rings. The molecule has 0 saturated carbocycles. The lowest BCUT2D eigenvalue weighted by Crippen LogP contribution is -1.97. The Balaban J connectivity index is 3.03. The van der Waals surface area contributed by atoms with E-state index in [1.54, 1.807) is 0 Å². The average molecular weight is 635 g/mol. The summed E-state index contributed by atoms with van der Waals surface area (Å²) >= 11 is 0. The molecule has 272 valence electrons. The van der Waals surface area contributed by atoms with Crippen molar-refractivity contribution in [2.45, 2.75) is 271 Å². The van der Waals surface area contributed by atoms with Crippen LogP contribution in [0.15, 0.2) is 0 Å². The first kappa shape index (κ1) is 45.0. The van der Waals surface area contributed by atoms with Crippen LogP contribution in [0.2, 0.25) is 0 Å². The smallest absolute Gasteiger partial charge is 0.0466 e. The zero-order valence-electron chi connectivity index (χ0n) is 32.1. The van der Waals surface area contributed by atoms with Crippen LogP contribution in [0.5, 0.6) is 0 Å². The molecular formula is C44H90O. The summed E-state index contributed by atoms with van der Waals surface area (Å²) in [4.78, 5) is 0. The molecule has 0 bridgehead atoms. The lowest BCUT2D eigenvalue weighted by atomic mass is 10.0. The Kier molecular flexibility index (Phi) is 43.9. The molecule has 1 heteroatoms. The van der Waals surface area contributed by atoms with Crippen molar-refractivity contribution in [3.05, 3.63) is 0 Å². The maximum atomic E-state index is 5.91. The van der Waals surface area contributed by atoms with Gasteiger partial charge in [-0.3, -0.25) is 0 Å². The van der Waals surface area contributed by atoms with Crippen LogP contribution in [0.4, 0.5) is 0 Å². The van der Waals surface area contributed by atoms with Gasteiger partial charge in [0.25, 0.3) is 0 Å². The van der Waals surface area contributed by atoms with Crippen molar-refractivity contribution in [2.24, 2.45) is 0 Å². The molecule has 1 nitrogen and oxygen atoms in total. The Labute approximate surface area is 288 Å². The molecule has 0 heterocycles. The summed E-state index contributed by atoms with van der Waals surface area (Å²) in [6, 6.07) is 0. The fraction of sp³-hybridized carbons (Fsp3) is 1.00. The van der Waals surface area contributed by atoms with Crippen molar-refractivity contribution in [3.63, 3.8) is 0 Å². The minimum absolute atomic E-state index is 0.998. The van der Waals surface area contributed by atoms with Crippen LogP contribution in [0.25, 0.3) is 0 Å². The number of unbranched alkanes of at least 4 members (excludes halogenated alkanes) is 38. The van der Waals surface area contributed by atoms with Crippen LogP contribution in [0.1, 0.15) is 271 Å². The first-order valence-electron chi connectivity index (χ1n) is 22.0. The molecule has 0 aromatic carbocycles. The van der Waals surface area contributed by atoms with Gasteiger partial charge in [-0.15, -0.1) is 0 Å². The van der Waals surface area contributed by atoms with Crippen molar-refractivity contribution >= 4 is 0 Å². The Morgan fingerprint density at radius 1 is 0.178 bits per heavy atom. The first-order chi connectivity index (χ1) is 22.4. The van der Waals surface area contributed by atoms with Gasteiger partial charge >= 0.3 is 0 Å². The van der Waals surface area contributed by atoms with Crippen LogP contribution < -0.4 is 0 Å². The van der Waals surface area contributed by atoms with Crippen molar-refractivity contribution in [2.75, 3.05) is 13.2 Å². The molecule has 0 radical (unpaired) electrons. The summed E-state index contributed by atoms with van der Waals surface area (Å²) in [5.41, 5.74) is 0. The molecule has 0 unspecified atom stereocenters. The number of ether oxygens (including phenoxy) is 1. The SMILES string of the molecule is CCCCCCCCCCCCCCCCCCCCCCOCCCCCCCCCCCCCCCCCCCCCC. The average Bonchev–Trinajstić information content (AvgIpc) is 3.05. The van der Waals surface area contributed by atoms with Crippen molar-refractivity contribution < 1.29 is 4.74 Å². The Morgan fingerprint density at radius 3 is 0.467 bits per heavy atom. The molecule has 0 aliphatic carbocycles. The summed E-state index contributed by atoms with van der Waals surface area (Å²) in [7, 11) is 0.